The van der Waals surface area contributed by atoms with Crippen molar-refractivity contribution in [2.24, 2.45) is 5.10 Å². The highest BCUT2D eigenvalue weighted by Crippen LogP contribution is 2.36. The Hall–Kier alpha value is -2.58. The average molecular weight is 463 g/mol. The third kappa shape index (κ3) is 4.45. The molecule has 0 saturated heterocycles. The van der Waals surface area contributed by atoms with Gasteiger partial charge in [-0.05, 0) is 63.5 Å². The first kappa shape index (κ1) is 20.2. The monoisotopic (exact) mass is 462 g/mol. The molecule has 0 atom stereocenters. The van der Waals surface area contributed by atoms with Gasteiger partial charge in [0.15, 0.2) is 11.5 Å². The van der Waals surface area contributed by atoms with Crippen molar-refractivity contribution in [2.75, 3.05) is 13.7 Å². The van der Waals surface area contributed by atoms with Gasteiger partial charge in [0, 0.05) is 0 Å². The normalized spacial score (nSPS) is 11.7. The lowest BCUT2D eigenvalue weighted by Crippen LogP contribution is -2.18. The number of methoxy groups -OCH3 is 1. The molecule has 3 rings (SSSR count). The summed E-state index contributed by atoms with van der Waals surface area (Å²) < 4.78 is 36.6. The second-order valence-corrected chi connectivity index (χ2v) is 8.34. The van der Waals surface area contributed by atoms with Crippen molar-refractivity contribution >= 4 is 42.9 Å². The minimum atomic E-state index is -3.78. The number of halogens is 1. The van der Waals surface area contributed by atoms with Crippen LogP contribution in [0.5, 0.6) is 11.5 Å². The molecule has 0 heterocycles. The van der Waals surface area contributed by atoms with Crippen LogP contribution in [0.4, 0.5) is 0 Å². The molecule has 3 aromatic carbocycles. The van der Waals surface area contributed by atoms with Crippen LogP contribution < -0.4 is 14.3 Å². The van der Waals surface area contributed by atoms with E-state index in [2.05, 4.69) is 25.9 Å². The molecule has 146 valence electrons. The summed E-state index contributed by atoms with van der Waals surface area (Å²) in [5.74, 6) is 1.11. The van der Waals surface area contributed by atoms with Crippen LogP contribution in [0.3, 0.4) is 0 Å². The average Bonchev–Trinajstić information content (AvgIpc) is 2.69. The van der Waals surface area contributed by atoms with E-state index in [1.165, 1.54) is 13.3 Å². The number of sulfonamides is 1. The highest BCUT2D eigenvalue weighted by atomic mass is 79.9. The van der Waals surface area contributed by atoms with E-state index >= 15 is 0 Å². The third-order valence-electron chi connectivity index (χ3n) is 3.96. The van der Waals surface area contributed by atoms with E-state index in [0.717, 1.165) is 10.8 Å². The number of benzene rings is 3. The van der Waals surface area contributed by atoms with Crippen LogP contribution in [-0.4, -0.2) is 28.3 Å². The molecule has 0 radical (unpaired) electrons. The second-order valence-electron chi connectivity index (χ2n) is 5.83. The minimum Gasteiger partial charge on any atom is -0.493 e. The van der Waals surface area contributed by atoms with Crippen LogP contribution in [0, 0.1) is 0 Å². The molecule has 0 amide bonds. The third-order valence-corrected chi connectivity index (χ3v) is 5.77. The van der Waals surface area contributed by atoms with Gasteiger partial charge in [-0.1, -0.05) is 30.3 Å². The summed E-state index contributed by atoms with van der Waals surface area (Å²) in [5.41, 5.74) is 0.647. The number of ether oxygens (including phenoxy) is 2. The smallest absolute Gasteiger partial charge is 0.276 e. The zero-order valence-corrected chi connectivity index (χ0v) is 17.7. The number of nitrogens with zero attached hydrogens (tertiary/aromatic N) is 1. The van der Waals surface area contributed by atoms with E-state index in [4.69, 9.17) is 9.47 Å². The second kappa shape index (κ2) is 8.62. The van der Waals surface area contributed by atoms with Crippen molar-refractivity contribution in [3.63, 3.8) is 0 Å². The van der Waals surface area contributed by atoms with Gasteiger partial charge in [-0.2, -0.15) is 13.5 Å². The van der Waals surface area contributed by atoms with Crippen molar-refractivity contribution in [3.05, 3.63) is 64.6 Å². The summed E-state index contributed by atoms with van der Waals surface area (Å²) in [5, 5.41) is 5.69. The summed E-state index contributed by atoms with van der Waals surface area (Å²) in [6, 6.07) is 16.0. The van der Waals surface area contributed by atoms with E-state index in [0.29, 0.717) is 28.1 Å². The van der Waals surface area contributed by atoms with Gasteiger partial charge < -0.3 is 9.47 Å². The Balaban J connectivity index is 1.81. The van der Waals surface area contributed by atoms with Gasteiger partial charge in [-0.25, -0.2) is 4.83 Å². The van der Waals surface area contributed by atoms with Crippen molar-refractivity contribution in [1.82, 2.24) is 4.83 Å². The van der Waals surface area contributed by atoms with Gasteiger partial charge in [0.25, 0.3) is 10.0 Å². The molecule has 0 spiro atoms. The first-order valence-electron chi connectivity index (χ1n) is 8.48. The van der Waals surface area contributed by atoms with Gasteiger partial charge in [0.1, 0.15) is 0 Å². The molecule has 0 aliphatic rings. The number of nitrogens with one attached hydrogen (secondary N) is 1. The first-order valence-corrected chi connectivity index (χ1v) is 10.8. The van der Waals surface area contributed by atoms with Crippen LogP contribution in [-0.2, 0) is 10.0 Å². The fourth-order valence-electron chi connectivity index (χ4n) is 2.66. The van der Waals surface area contributed by atoms with E-state index in [1.54, 1.807) is 30.3 Å². The lowest BCUT2D eigenvalue weighted by atomic mass is 10.1. The fraction of sp³-hybridized carbons (Fsp3) is 0.150. The molecular formula is C20H19BrN2O4S. The maximum atomic E-state index is 12.5. The van der Waals surface area contributed by atoms with Crippen LogP contribution >= 0.6 is 15.9 Å². The van der Waals surface area contributed by atoms with E-state index in [1.807, 2.05) is 31.2 Å². The molecule has 28 heavy (non-hydrogen) atoms. The molecule has 0 unspecified atom stereocenters. The summed E-state index contributed by atoms with van der Waals surface area (Å²) in [6.45, 7) is 2.37. The lowest BCUT2D eigenvalue weighted by Gasteiger charge is -2.12. The zero-order chi connectivity index (χ0) is 20.1. The summed E-state index contributed by atoms with van der Waals surface area (Å²) >= 11 is 3.43. The molecule has 8 heteroatoms. The summed E-state index contributed by atoms with van der Waals surface area (Å²) in [4.78, 5) is 2.39. The van der Waals surface area contributed by atoms with Gasteiger partial charge in [0.05, 0.1) is 29.3 Å². The standard InChI is InChI=1S/C20H19BrN2O4S/c1-3-27-20-18(21)10-14(11-19(20)26-2)13-22-23-28(24,25)17-9-8-15-6-4-5-7-16(15)12-17/h4-13,23H,3H2,1-2H3. The quantitative estimate of drug-likeness (QED) is 0.418. The first-order chi connectivity index (χ1) is 13.4. The molecule has 0 bridgehead atoms. The Morgan fingerprint density at radius 2 is 1.86 bits per heavy atom. The zero-order valence-electron chi connectivity index (χ0n) is 15.3. The SMILES string of the molecule is CCOc1c(Br)cc(C=NNS(=O)(=O)c2ccc3ccccc3c2)cc1OC. The van der Waals surface area contributed by atoms with E-state index in [9.17, 15) is 8.42 Å². The molecule has 0 aliphatic heterocycles. The highest BCUT2D eigenvalue weighted by Gasteiger charge is 2.14. The Morgan fingerprint density at radius 3 is 2.57 bits per heavy atom. The van der Waals surface area contributed by atoms with Crippen molar-refractivity contribution in [3.8, 4) is 11.5 Å². The molecule has 0 aliphatic carbocycles. The molecule has 3 aromatic rings. The van der Waals surface area contributed by atoms with Crippen LogP contribution in [0.2, 0.25) is 0 Å². The number of hydrogen-bond donors (Lipinski definition) is 1. The lowest BCUT2D eigenvalue weighted by molar-refractivity contribution is 0.309. The van der Waals surface area contributed by atoms with Crippen LogP contribution in [0.15, 0.2) is 69.1 Å². The molecule has 0 aromatic heterocycles. The Morgan fingerprint density at radius 1 is 1.11 bits per heavy atom. The number of hydrogen-bond acceptors (Lipinski definition) is 5. The van der Waals surface area contributed by atoms with Crippen LogP contribution in [0.25, 0.3) is 10.8 Å². The Bertz CT molecular complexity index is 1130. The highest BCUT2D eigenvalue weighted by molar-refractivity contribution is 9.10. The van der Waals surface area contributed by atoms with Gasteiger partial charge >= 0.3 is 0 Å². The number of fused-ring (bicyclic) bond motifs is 1. The number of rotatable bonds is 7. The maximum Gasteiger partial charge on any atom is 0.276 e. The van der Waals surface area contributed by atoms with E-state index < -0.39 is 10.0 Å². The summed E-state index contributed by atoms with van der Waals surface area (Å²) in [6.07, 6.45) is 1.40. The maximum absolute atomic E-state index is 12.5. The Kier molecular flexibility index (Phi) is 6.21. The topological polar surface area (TPSA) is 77.0 Å². The predicted octanol–water partition coefficient (Wildman–Crippen LogP) is 4.32. The van der Waals surface area contributed by atoms with E-state index in [-0.39, 0.29) is 4.90 Å². The molecule has 0 saturated carbocycles. The predicted molar refractivity (Wildman–Crippen MR) is 114 cm³/mol. The number of hydrazone groups is 1. The largest absolute Gasteiger partial charge is 0.493 e. The fourth-order valence-corrected chi connectivity index (χ4v) is 4.06. The van der Waals surface area contributed by atoms with Gasteiger partial charge in [0.2, 0.25) is 0 Å². The minimum absolute atomic E-state index is 0.147. The molecular weight excluding hydrogens is 444 g/mol. The molecule has 6 nitrogen and oxygen atoms in total. The van der Waals surface area contributed by atoms with Crippen molar-refractivity contribution in [2.45, 2.75) is 11.8 Å². The molecule has 0 fully saturated rings. The van der Waals surface area contributed by atoms with Crippen molar-refractivity contribution in [1.29, 1.82) is 0 Å². The van der Waals surface area contributed by atoms with Gasteiger partial charge in [-0.3, -0.25) is 0 Å². The summed E-state index contributed by atoms with van der Waals surface area (Å²) in [7, 11) is -2.24. The Labute approximate surface area is 172 Å². The van der Waals surface area contributed by atoms with Crippen molar-refractivity contribution < 1.29 is 17.9 Å². The van der Waals surface area contributed by atoms with Gasteiger partial charge in [-0.15, -0.1) is 0 Å². The van der Waals surface area contributed by atoms with Crippen LogP contribution in [0.1, 0.15) is 12.5 Å². The molecule has 1 N–H and O–H groups in total.